The highest BCUT2D eigenvalue weighted by atomic mass is 32.2. The van der Waals surface area contributed by atoms with Crippen LogP contribution in [0.1, 0.15) is 46.1 Å². The van der Waals surface area contributed by atoms with Gasteiger partial charge in [0, 0.05) is 31.8 Å². The first kappa shape index (κ1) is 24.6. The maximum atomic E-state index is 12.8. The van der Waals surface area contributed by atoms with E-state index in [1.165, 1.54) is 0 Å². The number of aliphatic imine (C=N–C) groups is 1. The van der Waals surface area contributed by atoms with Gasteiger partial charge in [-0.05, 0) is 52.2 Å². The molecule has 1 unspecified atom stereocenters. The fraction of sp³-hybridized carbons (Fsp3) is 0.667. The van der Waals surface area contributed by atoms with Gasteiger partial charge in [-0.1, -0.05) is 18.2 Å². The number of nitrogens with one attached hydrogen (secondary N) is 3. The van der Waals surface area contributed by atoms with E-state index in [-0.39, 0.29) is 17.5 Å². The van der Waals surface area contributed by atoms with Crippen molar-refractivity contribution in [3.8, 4) is 0 Å². The summed E-state index contributed by atoms with van der Waals surface area (Å²) < 4.78 is 39.3. The number of nitrogens with zero attached hydrogens (tertiary/aromatic N) is 1. The molecule has 1 aromatic rings. The van der Waals surface area contributed by atoms with Crippen molar-refractivity contribution in [1.82, 2.24) is 15.4 Å². The van der Waals surface area contributed by atoms with Crippen LogP contribution in [-0.2, 0) is 26.0 Å². The third-order valence-corrected chi connectivity index (χ3v) is 6.17. The van der Waals surface area contributed by atoms with Gasteiger partial charge in [0.2, 0.25) is 10.0 Å². The minimum absolute atomic E-state index is 0.215. The number of sulfonamides is 1. The molecule has 1 aliphatic heterocycles. The van der Waals surface area contributed by atoms with E-state index in [0.29, 0.717) is 37.8 Å². The van der Waals surface area contributed by atoms with Gasteiger partial charge in [-0.15, -0.1) is 0 Å². The standard InChI is InChI=1S/C21H36N4O4S/c1-5-22-20(23-12-8-13-29-18-11-14-28-16-18)24-15-17-9-6-7-10-19(17)30(26,27)25-21(2,3)4/h6-7,9-10,18,25H,5,8,11-16H2,1-4H3,(H2,22,23,24). The molecule has 8 nitrogen and oxygen atoms in total. The van der Waals surface area contributed by atoms with Crippen LogP contribution < -0.4 is 15.4 Å². The van der Waals surface area contributed by atoms with E-state index in [0.717, 1.165) is 19.4 Å². The molecule has 0 bridgehead atoms. The number of hydrogen-bond donors (Lipinski definition) is 3. The Balaban J connectivity index is 1.95. The van der Waals surface area contributed by atoms with Gasteiger partial charge in [0.05, 0.1) is 24.2 Å². The lowest BCUT2D eigenvalue weighted by atomic mass is 10.1. The molecule has 0 radical (unpaired) electrons. The summed E-state index contributed by atoms with van der Waals surface area (Å²) in [6.45, 7) is 11.3. The lowest BCUT2D eigenvalue weighted by Gasteiger charge is -2.21. The van der Waals surface area contributed by atoms with Crippen molar-refractivity contribution in [2.45, 2.75) is 63.6 Å². The zero-order valence-corrected chi connectivity index (χ0v) is 19.3. The summed E-state index contributed by atoms with van der Waals surface area (Å²) >= 11 is 0. The largest absolute Gasteiger partial charge is 0.379 e. The van der Waals surface area contributed by atoms with E-state index >= 15 is 0 Å². The second kappa shape index (κ2) is 11.6. The smallest absolute Gasteiger partial charge is 0.241 e. The Morgan fingerprint density at radius 1 is 1.27 bits per heavy atom. The number of hydrogen-bond acceptors (Lipinski definition) is 5. The van der Waals surface area contributed by atoms with Gasteiger partial charge in [-0.2, -0.15) is 0 Å². The molecule has 3 N–H and O–H groups in total. The van der Waals surface area contributed by atoms with E-state index in [1.54, 1.807) is 18.2 Å². The summed E-state index contributed by atoms with van der Waals surface area (Å²) in [7, 11) is -3.63. The molecular weight excluding hydrogens is 404 g/mol. The van der Waals surface area contributed by atoms with Gasteiger partial charge in [0.1, 0.15) is 0 Å². The molecule has 30 heavy (non-hydrogen) atoms. The summed E-state index contributed by atoms with van der Waals surface area (Å²) in [6, 6.07) is 6.96. The Hall–Kier alpha value is -1.68. The van der Waals surface area contributed by atoms with Gasteiger partial charge in [0.25, 0.3) is 0 Å². The Bertz CT molecular complexity index is 784. The van der Waals surface area contributed by atoms with Crippen LogP contribution in [0.2, 0.25) is 0 Å². The van der Waals surface area contributed by atoms with E-state index in [4.69, 9.17) is 9.47 Å². The predicted octanol–water partition coefficient (Wildman–Crippen LogP) is 2.01. The molecule has 0 aromatic heterocycles. The summed E-state index contributed by atoms with van der Waals surface area (Å²) in [5.74, 6) is 0.651. The first-order valence-electron chi connectivity index (χ1n) is 10.5. The summed E-state index contributed by atoms with van der Waals surface area (Å²) in [4.78, 5) is 4.83. The second-order valence-electron chi connectivity index (χ2n) is 8.30. The lowest BCUT2D eigenvalue weighted by molar-refractivity contribution is 0.0420. The number of guanidine groups is 1. The van der Waals surface area contributed by atoms with Crippen LogP contribution >= 0.6 is 0 Å². The molecule has 0 amide bonds. The van der Waals surface area contributed by atoms with Crippen LogP contribution in [0.15, 0.2) is 34.2 Å². The molecule has 1 saturated heterocycles. The van der Waals surface area contributed by atoms with Crippen molar-refractivity contribution in [1.29, 1.82) is 0 Å². The van der Waals surface area contributed by atoms with Crippen LogP contribution in [-0.4, -0.2) is 58.9 Å². The normalized spacial score (nSPS) is 17.9. The number of benzene rings is 1. The van der Waals surface area contributed by atoms with Crippen molar-refractivity contribution >= 4 is 16.0 Å². The number of rotatable bonds is 10. The zero-order chi connectivity index (χ0) is 22.0. The maximum Gasteiger partial charge on any atom is 0.241 e. The first-order valence-corrected chi connectivity index (χ1v) is 12.0. The topological polar surface area (TPSA) is 101 Å². The van der Waals surface area contributed by atoms with Crippen LogP contribution in [0.25, 0.3) is 0 Å². The molecule has 1 heterocycles. The average Bonchev–Trinajstić information content (AvgIpc) is 3.17. The minimum atomic E-state index is -3.63. The molecule has 0 saturated carbocycles. The summed E-state index contributed by atoms with van der Waals surface area (Å²) in [5.41, 5.74) is 0.0919. The van der Waals surface area contributed by atoms with Crippen molar-refractivity contribution in [3.05, 3.63) is 29.8 Å². The molecule has 2 rings (SSSR count). The minimum Gasteiger partial charge on any atom is -0.379 e. The van der Waals surface area contributed by atoms with Gasteiger partial charge in [-0.3, -0.25) is 0 Å². The quantitative estimate of drug-likeness (QED) is 0.292. The zero-order valence-electron chi connectivity index (χ0n) is 18.5. The molecule has 1 aliphatic rings. The highest BCUT2D eigenvalue weighted by molar-refractivity contribution is 7.89. The molecule has 9 heteroatoms. The van der Waals surface area contributed by atoms with Crippen molar-refractivity contribution in [2.24, 2.45) is 4.99 Å². The number of ether oxygens (including phenoxy) is 2. The van der Waals surface area contributed by atoms with Crippen LogP contribution in [0.3, 0.4) is 0 Å². The maximum absolute atomic E-state index is 12.8. The fourth-order valence-corrected chi connectivity index (χ4v) is 4.69. The highest BCUT2D eigenvalue weighted by Gasteiger charge is 2.24. The van der Waals surface area contributed by atoms with Gasteiger partial charge in [-0.25, -0.2) is 18.1 Å². The molecular formula is C21H36N4O4S. The molecule has 1 aromatic carbocycles. The van der Waals surface area contributed by atoms with Gasteiger partial charge in [0.15, 0.2) is 5.96 Å². The van der Waals surface area contributed by atoms with Crippen LogP contribution in [0.5, 0.6) is 0 Å². The third-order valence-electron chi connectivity index (χ3n) is 4.31. The van der Waals surface area contributed by atoms with E-state index in [9.17, 15) is 8.42 Å². The van der Waals surface area contributed by atoms with E-state index < -0.39 is 15.6 Å². The van der Waals surface area contributed by atoms with Crippen LogP contribution in [0, 0.1) is 0 Å². The third kappa shape index (κ3) is 8.59. The van der Waals surface area contributed by atoms with E-state index in [1.807, 2.05) is 33.8 Å². The molecule has 0 aliphatic carbocycles. The lowest BCUT2D eigenvalue weighted by Crippen LogP contribution is -2.40. The second-order valence-corrected chi connectivity index (χ2v) is 9.95. The summed E-state index contributed by atoms with van der Waals surface area (Å²) in [5, 5.41) is 6.47. The van der Waals surface area contributed by atoms with Gasteiger partial charge >= 0.3 is 0 Å². The Kier molecular flexibility index (Phi) is 9.54. The summed E-state index contributed by atoms with van der Waals surface area (Å²) in [6.07, 6.45) is 2.03. The highest BCUT2D eigenvalue weighted by Crippen LogP contribution is 2.18. The Labute approximate surface area is 180 Å². The monoisotopic (exact) mass is 440 g/mol. The first-order chi connectivity index (χ1) is 14.2. The Morgan fingerprint density at radius 2 is 2.03 bits per heavy atom. The van der Waals surface area contributed by atoms with E-state index in [2.05, 4.69) is 20.3 Å². The average molecular weight is 441 g/mol. The van der Waals surface area contributed by atoms with Crippen molar-refractivity contribution in [3.63, 3.8) is 0 Å². The van der Waals surface area contributed by atoms with Crippen molar-refractivity contribution in [2.75, 3.05) is 32.9 Å². The van der Waals surface area contributed by atoms with Crippen LogP contribution in [0.4, 0.5) is 0 Å². The predicted molar refractivity (Wildman–Crippen MR) is 119 cm³/mol. The molecule has 1 fully saturated rings. The fourth-order valence-electron chi connectivity index (χ4n) is 3.03. The van der Waals surface area contributed by atoms with Gasteiger partial charge < -0.3 is 20.1 Å². The molecule has 170 valence electrons. The Morgan fingerprint density at radius 3 is 2.70 bits per heavy atom. The molecule has 0 spiro atoms. The molecule has 1 atom stereocenters. The SMILES string of the molecule is CCNC(=NCc1ccccc1S(=O)(=O)NC(C)(C)C)NCCCOC1CCOC1. The van der Waals surface area contributed by atoms with Crippen molar-refractivity contribution < 1.29 is 17.9 Å².